The third-order valence-corrected chi connectivity index (χ3v) is 4.01. The van der Waals surface area contributed by atoms with Crippen LogP contribution in [0.5, 0.6) is 0 Å². The van der Waals surface area contributed by atoms with E-state index in [1.165, 1.54) is 0 Å². The van der Waals surface area contributed by atoms with Crippen LogP contribution < -0.4 is 0 Å². The Bertz CT molecular complexity index is 1020. The van der Waals surface area contributed by atoms with Crippen LogP contribution in [0.15, 0.2) is 41.1 Å². The van der Waals surface area contributed by atoms with E-state index in [1.54, 1.807) is 10.7 Å². The van der Waals surface area contributed by atoms with Crippen LogP contribution in [0, 0.1) is 13.8 Å². The molecule has 24 heavy (non-hydrogen) atoms. The van der Waals surface area contributed by atoms with Gasteiger partial charge in [0.25, 0.3) is 0 Å². The van der Waals surface area contributed by atoms with Gasteiger partial charge in [0, 0.05) is 16.4 Å². The van der Waals surface area contributed by atoms with Gasteiger partial charge in [0.1, 0.15) is 0 Å². The SMILES string of the molecule is Cc1cc(C)n2ncc(-c3noc(Cc4ccc(Cl)cc4)n3)c2n1. The van der Waals surface area contributed by atoms with Crippen LogP contribution >= 0.6 is 11.6 Å². The summed E-state index contributed by atoms with van der Waals surface area (Å²) in [4.78, 5) is 9.02. The molecule has 0 aliphatic carbocycles. The molecule has 0 spiro atoms. The van der Waals surface area contributed by atoms with E-state index in [-0.39, 0.29) is 0 Å². The van der Waals surface area contributed by atoms with Crippen LogP contribution in [0.1, 0.15) is 22.8 Å². The minimum atomic E-state index is 0.492. The van der Waals surface area contributed by atoms with E-state index in [1.807, 2.05) is 44.2 Å². The summed E-state index contributed by atoms with van der Waals surface area (Å²) >= 11 is 5.90. The molecule has 3 aromatic heterocycles. The van der Waals surface area contributed by atoms with Crippen molar-refractivity contribution in [3.8, 4) is 11.4 Å². The van der Waals surface area contributed by atoms with E-state index in [0.29, 0.717) is 23.2 Å². The molecule has 6 nitrogen and oxygen atoms in total. The van der Waals surface area contributed by atoms with Crippen LogP contribution in [0.3, 0.4) is 0 Å². The van der Waals surface area contributed by atoms with Crippen LogP contribution in [0.25, 0.3) is 17.0 Å². The molecule has 4 rings (SSSR count). The lowest BCUT2D eigenvalue weighted by Crippen LogP contribution is -1.97. The quantitative estimate of drug-likeness (QED) is 0.570. The molecule has 1 aromatic carbocycles. The van der Waals surface area contributed by atoms with Gasteiger partial charge in [-0.1, -0.05) is 28.9 Å². The Morgan fingerprint density at radius 2 is 1.92 bits per heavy atom. The fraction of sp³-hybridized carbons (Fsp3) is 0.176. The molecule has 0 amide bonds. The Kier molecular flexibility index (Phi) is 3.54. The van der Waals surface area contributed by atoms with Gasteiger partial charge in [-0.2, -0.15) is 10.1 Å². The van der Waals surface area contributed by atoms with Crippen LogP contribution in [-0.4, -0.2) is 24.7 Å². The second kappa shape index (κ2) is 5.72. The zero-order valence-electron chi connectivity index (χ0n) is 13.2. The molecule has 0 bridgehead atoms. The van der Waals surface area contributed by atoms with Crippen molar-refractivity contribution in [3.05, 3.63) is 64.4 Å². The lowest BCUT2D eigenvalue weighted by molar-refractivity contribution is 0.386. The van der Waals surface area contributed by atoms with Gasteiger partial charge < -0.3 is 4.52 Å². The fourth-order valence-electron chi connectivity index (χ4n) is 2.64. The molecular formula is C17H14ClN5O. The van der Waals surface area contributed by atoms with Gasteiger partial charge in [0.15, 0.2) is 5.65 Å². The van der Waals surface area contributed by atoms with Gasteiger partial charge in [0.05, 0.1) is 18.2 Å². The highest BCUT2D eigenvalue weighted by Crippen LogP contribution is 2.22. The van der Waals surface area contributed by atoms with E-state index in [4.69, 9.17) is 16.1 Å². The predicted octanol–water partition coefficient (Wildman–Crippen LogP) is 3.64. The Morgan fingerprint density at radius 1 is 1.12 bits per heavy atom. The lowest BCUT2D eigenvalue weighted by Gasteiger charge is -2.00. The molecule has 0 atom stereocenters. The maximum absolute atomic E-state index is 5.90. The number of halogens is 1. The molecule has 0 unspecified atom stereocenters. The summed E-state index contributed by atoms with van der Waals surface area (Å²) in [6, 6.07) is 9.54. The average molecular weight is 340 g/mol. The highest BCUT2D eigenvalue weighted by Gasteiger charge is 2.16. The third-order valence-electron chi connectivity index (χ3n) is 3.76. The number of nitrogens with zero attached hydrogens (tertiary/aromatic N) is 5. The zero-order chi connectivity index (χ0) is 16.7. The van der Waals surface area contributed by atoms with E-state index < -0.39 is 0 Å². The number of benzene rings is 1. The molecule has 0 aliphatic heterocycles. The summed E-state index contributed by atoms with van der Waals surface area (Å²) < 4.78 is 7.15. The smallest absolute Gasteiger partial charge is 0.231 e. The van der Waals surface area contributed by atoms with Crippen molar-refractivity contribution in [2.45, 2.75) is 20.3 Å². The number of hydrogen-bond acceptors (Lipinski definition) is 5. The molecule has 0 radical (unpaired) electrons. The van der Waals surface area contributed by atoms with Gasteiger partial charge in [-0.05, 0) is 37.6 Å². The van der Waals surface area contributed by atoms with Gasteiger partial charge in [0.2, 0.25) is 11.7 Å². The Hall–Kier alpha value is -2.73. The molecule has 0 N–H and O–H groups in total. The van der Waals surface area contributed by atoms with Gasteiger partial charge >= 0.3 is 0 Å². The average Bonchev–Trinajstić information content (AvgIpc) is 3.16. The molecule has 0 saturated carbocycles. The topological polar surface area (TPSA) is 69.1 Å². The highest BCUT2D eigenvalue weighted by molar-refractivity contribution is 6.30. The van der Waals surface area contributed by atoms with Crippen molar-refractivity contribution in [2.75, 3.05) is 0 Å². The molecule has 0 saturated heterocycles. The number of fused-ring (bicyclic) bond motifs is 1. The summed E-state index contributed by atoms with van der Waals surface area (Å²) in [6.45, 7) is 3.94. The maximum atomic E-state index is 5.90. The highest BCUT2D eigenvalue weighted by atomic mass is 35.5. The van der Waals surface area contributed by atoms with Crippen LogP contribution in [0.2, 0.25) is 5.02 Å². The van der Waals surface area contributed by atoms with Crippen molar-refractivity contribution in [1.82, 2.24) is 24.7 Å². The Morgan fingerprint density at radius 3 is 2.71 bits per heavy atom. The monoisotopic (exact) mass is 339 g/mol. The largest absolute Gasteiger partial charge is 0.339 e. The standard InChI is InChI=1S/C17H14ClN5O/c1-10-7-11(2)23-17(20-10)14(9-19-23)16-21-15(24-22-16)8-12-3-5-13(18)6-4-12/h3-7,9H,8H2,1-2H3. The molecular weight excluding hydrogens is 326 g/mol. The van der Waals surface area contributed by atoms with E-state index >= 15 is 0 Å². The molecule has 0 aliphatic rings. The van der Waals surface area contributed by atoms with E-state index in [9.17, 15) is 0 Å². The van der Waals surface area contributed by atoms with Crippen molar-refractivity contribution < 1.29 is 4.52 Å². The summed E-state index contributed by atoms with van der Waals surface area (Å²) in [5, 5.41) is 9.13. The van der Waals surface area contributed by atoms with E-state index in [0.717, 1.165) is 28.2 Å². The Balaban J connectivity index is 1.69. The number of aryl methyl sites for hydroxylation is 2. The summed E-state index contributed by atoms with van der Waals surface area (Å²) in [6.07, 6.45) is 2.26. The molecule has 4 aromatic rings. The Labute approximate surface area is 143 Å². The molecule has 7 heteroatoms. The first-order valence-corrected chi connectivity index (χ1v) is 7.87. The first-order valence-electron chi connectivity index (χ1n) is 7.49. The minimum absolute atomic E-state index is 0.492. The number of aromatic nitrogens is 5. The third kappa shape index (κ3) is 2.65. The van der Waals surface area contributed by atoms with Crippen LogP contribution in [0.4, 0.5) is 0 Å². The zero-order valence-corrected chi connectivity index (χ0v) is 13.9. The number of hydrogen-bond donors (Lipinski definition) is 0. The van der Waals surface area contributed by atoms with Crippen molar-refractivity contribution in [2.24, 2.45) is 0 Å². The van der Waals surface area contributed by atoms with Crippen molar-refractivity contribution in [3.63, 3.8) is 0 Å². The van der Waals surface area contributed by atoms with E-state index in [2.05, 4.69) is 20.2 Å². The first kappa shape index (κ1) is 14.8. The van der Waals surface area contributed by atoms with Crippen molar-refractivity contribution >= 4 is 17.2 Å². The maximum Gasteiger partial charge on any atom is 0.231 e. The minimum Gasteiger partial charge on any atom is -0.339 e. The van der Waals surface area contributed by atoms with Gasteiger partial charge in [-0.15, -0.1) is 0 Å². The summed E-state index contributed by atoms with van der Waals surface area (Å²) in [5.74, 6) is 1.03. The van der Waals surface area contributed by atoms with Crippen molar-refractivity contribution in [1.29, 1.82) is 0 Å². The molecule has 3 heterocycles. The first-order chi connectivity index (χ1) is 11.6. The molecule has 0 fully saturated rings. The van der Waals surface area contributed by atoms with Gasteiger partial charge in [-0.25, -0.2) is 9.50 Å². The second-order valence-corrected chi connectivity index (χ2v) is 6.08. The molecule has 120 valence electrons. The predicted molar refractivity (Wildman–Crippen MR) is 90.0 cm³/mol. The normalized spacial score (nSPS) is 11.3. The second-order valence-electron chi connectivity index (χ2n) is 5.65. The van der Waals surface area contributed by atoms with Crippen LogP contribution in [-0.2, 0) is 6.42 Å². The number of rotatable bonds is 3. The fourth-order valence-corrected chi connectivity index (χ4v) is 2.77. The van der Waals surface area contributed by atoms with Gasteiger partial charge in [-0.3, -0.25) is 0 Å². The lowest BCUT2D eigenvalue weighted by atomic mass is 10.1. The summed E-state index contributed by atoms with van der Waals surface area (Å²) in [5.41, 5.74) is 4.47. The summed E-state index contributed by atoms with van der Waals surface area (Å²) in [7, 11) is 0.